The van der Waals surface area contributed by atoms with Crippen molar-refractivity contribution in [2.24, 2.45) is 0 Å². The van der Waals surface area contributed by atoms with Crippen LogP contribution in [0.15, 0.2) is 0 Å². The molecule has 2 N–H and O–H groups in total. The van der Waals surface area contributed by atoms with Crippen molar-refractivity contribution in [1.82, 2.24) is 10.2 Å². The molecule has 0 saturated heterocycles. The van der Waals surface area contributed by atoms with Crippen molar-refractivity contribution >= 4 is 0 Å². The first-order chi connectivity index (χ1) is 8.40. The van der Waals surface area contributed by atoms with Gasteiger partial charge in [-0.1, -0.05) is 20.3 Å². The minimum absolute atomic E-state index is 0.157. The van der Waals surface area contributed by atoms with Crippen molar-refractivity contribution in [3.8, 4) is 0 Å². The summed E-state index contributed by atoms with van der Waals surface area (Å²) >= 11 is 0. The third kappa shape index (κ3) is 6.17. The molecule has 0 radical (unpaired) electrons. The van der Waals surface area contributed by atoms with Gasteiger partial charge in [0.15, 0.2) is 0 Å². The summed E-state index contributed by atoms with van der Waals surface area (Å²) in [5.74, 6) is 0. The maximum absolute atomic E-state index is 9.60. The van der Waals surface area contributed by atoms with Crippen LogP contribution in [-0.4, -0.2) is 47.8 Å². The second kappa shape index (κ2) is 8.89. The smallest absolute Gasteiger partial charge is 0.0611 e. The summed E-state index contributed by atoms with van der Waals surface area (Å²) in [5, 5.41) is 13.1. The fourth-order valence-electron chi connectivity index (χ4n) is 2.47. The Morgan fingerprint density at radius 1 is 1.17 bits per heavy atom. The number of rotatable bonds is 10. The number of aliphatic hydroxyl groups is 1. The van der Waals surface area contributed by atoms with Gasteiger partial charge in [-0.05, 0) is 53.6 Å². The quantitative estimate of drug-likeness (QED) is 0.632. The summed E-state index contributed by atoms with van der Waals surface area (Å²) in [6.45, 7) is 12.2. The summed E-state index contributed by atoms with van der Waals surface area (Å²) in [7, 11) is 2.20. The van der Waals surface area contributed by atoms with Crippen LogP contribution in [0.1, 0.15) is 60.3 Å². The first-order valence-corrected chi connectivity index (χ1v) is 7.48. The first-order valence-electron chi connectivity index (χ1n) is 7.48. The topological polar surface area (TPSA) is 35.5 Å². The van der Waals surface area contributed by atoms with Crippen LogP contribution in [0.2, 0.25) is 0 Å². The van der Waals surface area contributed by atoms with Gasteiger partial charge < -0.3 is 15.3 Å². The lowest BCUT2D eigenvalue weighted by Gasteiger charge is -2.37. The van der Waals surface area contributed by atoms with E-state index in [1.807, 2.05) is 0 Å². The normalized spacial score (nSPS) is 18.7. The fourth-order valence-corrected chi connectivity index (χ4v) is 2.47. The van der Waals surface area contributed by atoms with Crippen molar-refractivity contribution in [2.75, 3.05) is 20.2 Å². The molecule has 0 heterocycles. The van der Waals surface area contributed by atoms with Gasteiger partial charge in [-0.25, -0.2) is 0 Å². The zero-order valence-electron chi connectivity index (χ0n) is 13.3. The molecule has 0 fully saturated rings. The molecule has 0 aromatic rings. The van der Waals surface area contributed by atoms with Crippen molar-refractivity contribution in [3.63, 3.8) is 0 Å². The van der Waals surface area contributed by atoms with Crippen LogP contribution >= 0.6 is 0 Å². The summed E-state index contributed by atoms with van der Waals surface area (Å²) in [6, 6.07) is 1.09. The average Bonchev–Trinajstić information content (AvgIpc) is 2.35. The van der Waals surface area contributed by atoms with E-state index in [2.05, 4.69) is 51.9 Å². The van der Waals surface area contributed by atoms with Gasteiger partial charge in [0, 0.05) is 17.6 Å². The number of nitrogens with one attached hydrogen (secondary N) is 1. The van der Waals surface area contributed by atoms with Gasteiger partial charge in [-0.3, -0.25) is 0 Å². The number of aliphatic hydroxyl groups excluding tert-OH is 1. The van der Waals surface area contributed by atoms with E-state index in [1.54, 1.807) is 0 Å². The van der Waals surface area contributed by atoms with Crippen molar-refractivity contribution in [3.05, 3.63) is 0 Å². The van der Waals surface area contributed by atoms with Gasteiger partial charge in [-0.15, -0.1) is 0 Å². The van der Waals surface area contributed by atoms with Gasteiger partial charge in [0.1, 0.15) is 0 Å². The van der Waals surface area contributed by atoms with Crippen LogP contribution < -0.4 is 5.32 Å². The average molecular weight is 258 g/mol. The van der Waals surface area contributed by atoms with Crippen LogP contribution in [0.3, 0.4) is 0 Å². The van der Waals surface area contributed by atoms with Gasteiger partial charge >= 0.3 is 0 Å². The van der Waals surface area contributed by atoms with E-state index < -0.39 is 0 Å². The minimum atomic E-state index is -0.157. The summed E-state index contributed by atoms with van der Waals surface area (Å²) in [5.41, 5.74) is -0.157. The fraction of sp³-hybridized carbons (Fsp3) is 1.00. The molecule has 3 nitrogen and oxygen atoms in total. The first kappa shape index (κ1) is 17.9. The lowest BCUT2D eigenvalue weighted by atomic mass is 9.93. The standard InChI is InChI=1S/C15H34N2O/c1-7-9-13(3)17(6)14(4)11-15(5,12-18)16-10-8-2/h13-14,16,18H,7-12H2,1-6H3. The molecule has 3 unspecified atom stereocenters. The Bertz CT molecular complexity index is 211. The molecule has 110 valence electrons. The highest BCUT2D eigenvalue weighted by Crippen LogP contribution is 2.18. The second-order valence-electron chi connectivity index (χ2n) is 6.00. The van der Waals surface area contributed by atoms with Gasteiger partial charge in [0.05, 0.1) is 6.61 Å². The van der Waals surface area contributed by atoms with Crippen molar-refractivity contribution in [2.45, 2.75) is 77.9 Å². The molecule has 0 bridgehead atoms. The number of hydrogen-bond acceptors (Lipinski definition) is 3. The zero-order valence-corrected chi connectivity index (χ0v) is 13.3. The van der Waals surface area contributed by atoms with Crippen molar-refractivity contribution in [1.29, 1.82) is 0 Å². The third-order valence-corrected chi connectivity index (χ3v) is 3.99. The molecule has 3 atom stereocenters. The lowest BCUT2D eigenvalue weighted by Crippen LogP contribution is -2.51. The Labute approximate surface area is 114 Å². The summed E-state index contributed by atoms with van der Waals surface area (Å²) in [4.78, 5) is 2.44. The SMILES string of the molecule is CCCNC(C)(CO)CC(C)N(C)C(C)CCC. The molecule has 0 saturated carbocycles. The van der Waals surface area contributed by atoms with E-state index in [4.69, 9.17) is 0 Å². The Hall–Kier alpha value is -0.120. The van der Waals surface area contributed by atoms with Crippen LogP contribution in [-0.2, 0) is 0 Å². The molecule has 0 aromatic heterocycles. The van der Waals surface area contributed by atoms with Crippen LogP contribution in [0.5, 0.6) is 0 Å². The number of hydrogen-bond donors (Lipinski definition) is 2. The molecule has 3 heteroatoms. The minimum Gasteiger partial charge on any atom is -0.394 e. The molecule has 0 aliphatic rings. The maximum Gasteiger partial charge on any atom is 0.0611 e. The van der Waals surface area contributed by atoms with Crippen LogP contribution in [0.25, 0.3) is 0 Å². The molecule has 0 aromatic carbocycles. The van der Waals surface area contributed by atoms with Gasteiger partial charge in [0.25, 0.3) is 0 Å². The Morgan fingerprint density at radius 3 is 2.22 bits per heavy atom. The predicted molar refractivity (Wildman–Crippen MR) is 80.0 cm³/mol. The van der Waals surface area contributed by atoms with Crippen LogP contribution in [0, 0.1) is 0 Å². The summed E-state index contributed by atoms with van der Waals surface area (Å²) in [6.07, 6.45) is 4.54. The van der Waals surface area contributed by atoms with Gasteiger partial charge in [0.2, 0.25) is 0 Å². The molecule has 18 heavy (non-hydrogen) atoms. The van der Waals surface area contributed by atoms with E-state index in [1.165, 1.54) is 12.8 Å². The largest absolute Gasteiger partial charge is 0.394 e. The molecule has 0 rings (SSSR count). The molecule has 0 aliphatic heterocycles. The van der Waals surface area contributed by atoms with Gasteiger partial charge in [-0.2, -0.15) is 0 Å². The monoisotopic (exact) mass is 258 g/mol. The Morgan fingerprint density at radius 2 is 1.78 bits per heavy atom. The van der Waals surface area contributed by atoms with E-state index >= 15 is 0 Å². The zero-order chi connectivity index (χ0) is 14.2. The number of nitrogens with zero attached hydrogens (tertiary/aromatic N) is 1. The predicted octanol–water partition coefficient (Wildman–Crippen LogP) is 2.64. The van der Waals surface area contributed by atoms with Crippen LogP contribution in [0.4, 0.5) is 0 Å². The molecule has 0 amide bonds. The Balaban J connectivity index is 4.36. The molecule has 0 spiro atoms. The maximum atomic E-state index is 9.60. The highest BCUT2D eigenvalue weighted by atomic mass is 16.3. The van der Waals surface area contributed by atoms with E-state index in [0.717, 1.165) is 19.4 Å². The van der Waals surface area contributed by atoms with E-state index in [-0.39, 0.29) is 12.1 Å². The third-order valence-electron chi connectivity index (χ3n) is 3.99. The lowest BCUT2D eigenvalue weighted by molar-refractivity contribution is 0.107. The highest BCUT2D eigenvalue weighted by Gasteiger charge is 2.27. The molecule has 0 aliphatic carbocycles. The highest BCUT2D eigenvalue weighted by molar-refractivity contribution is 4.87. The van der Waals surface area contributed by atoms with E-state index in [9.17, 15) is 5.11 Å². The summed E-state index contributed by atoms with van der Waals surface area (Å²) < 4.78 is 0. The Kier molecular flexibility index (Phi) is 8.83. The van der Waals surface area contributed by atoms with E-state index in [0.29, 0.717) is 12.1 Å². The molecular weight excluding hydrogens is 224 g/mol. The van der Waals surface area contributed by atoms with Crippen molar-refractivity contribution < 1.29 is 5.11 Å². The molecular formula is C15H34N2O. The second-order valence-corrected chi connectivity index (χ2v) is 6.00.